The van der Waals surface area contributed by atoms with E-state index < -0.39 is 289 Å². The largest absolute Gasteiger partial charge is 3.00 e. The Bertz CT molecular complexity index is 1890. The molecule has 42 heteroatoms. The smallest absolute Gasteiger partial charge is 0.549 e. The van der Waals surface area contributed by atoms with E-state index in [1.54, 1.807) is 0 Å². The molecule has 0 aromatic heterocycles. The van der Waals surface area contributed by atoms with Crippen molar-refractivity contribution in [1.29, 1.82) is 0 Å². The Morgan fingerprint density at radius 2 is 0.489 bits per heavy atom. The fraction of sp³-hybridized carbons (Fsp3) is 0.804. The summed E-state index contributed by atoms with van der Waals surface area (Å²) in [5, 5.41) is 239. The van der Waals surface area contributed by atoms with E-state index in [2.05, 4.69) is 21.3 Å². The molecule has 0 heterocycles. The van der Waals surface area contributed by atoms with Gasteiger partial charge in [0.05, 0.1) is 57.4 Å². The van der Waals surface area contributed by atoms with Crippen LogP contribution in [0.25, 0.3) is 0 Å². The van der Waals surface area contributed by atoms with Crippen molar-refractivity contribution < 1.29 is 201 Å². The third-order valence-corrected chi connectivity index (χ3v) is 12.8. The molecule has 0 aliphatic carbocycles. The molecule has 511 valence electrons. The van der Waals surface area contributed by atoms with Crippen molar-refractivity contribution in [3.05, 3.63) is 0 Å². The van der Waals surface area contributed by atoms with Crippen LogP contribution in [0.3, 0.4) is 0 Å². The van der Waals surface area contributed by atoms with Crippen molar-refractivity contribution >= 4 is 53.4 Å². The molecule has 0 saturated heterocycles. The molecule has 0 fully saturated rings. The zero-order valence-electron chi connectivity index (χ0n) is 47.0. The average Bonchev–Trinajstić information content (AvgIpc) is 3.60. The third kappa shape index (κ3) is 31.6. The molecule has 41 nitrogen and oxygen atoms in total. The minimum absolute atomic E-state index is 0. The van der Waals surface area contributed by atoms with Gasteiger partial charge in [0.1, 0.15) is 73.2 Å². The van der Waals surface area contributed by atoms with Gasteiger partial charge in [0.25, 0.3) is 23.6 Å². The summed E-state index contributed by atoms with van der Waals surface area (Å²) in [6.07, 6.45) is -36.3. The first-order valence-corrected chi connectivity index (χ1v) is 26.4. The minimum Gasteiger partial charge on any atom is -0.549 e. The van der Waals surface area contributed by atoms with E-state index >= 15 is 0 Å². The maximum Gasteiger partial charge on any atom is 3.00 e. The van der Waals surface area contributed by atoms with Crippen molar-refractivity contribution in [1.82, 2.24) is 45.8 Å². The van der Waals surface area contributed by atoms with Crippen molar-refractivity contribution in [3.63, 3.8) is 0 Å². The zero-order valence-corrected chi connectivity index (χ0v) is 49.3. The molecule has 6 amide bonds. The Kier molecular flexibility index (Phi) is 43.8. The Morgan fingerprint density at radius 3 is 0.682 bits per heavy atom. The number of aliphatic hydroxyl groups is 20. The number of carboxylic acids is 3. The van der Waals surface area contributed by atoms with Gasteiger partial charge in [-0.3, -0.25) is 43.5 Å². The van der Waals surface area contributed by atoms with Gasteiger partial charge in [-0.2, -0.15) is 0 Å². The maximum atomic E-state index is 13.8. The Hall–Kier alpha value is -4.37. The van der Waals surface area contributed by atoms with Crippen LogP contribution in [0.4, 0.5) is 0 Å². The van der Waals surface area contributed by atoms with Gasteiger partial charge in [0.15, 0.2) is 24.4 Å². The second-order valence-electron chi connectivity index (χ2n) is 19.4. The molecule has 0 aromatic rings. The zero-order chi connectivity index (χ0) is 67.0. The van der Waals surface area contributed by atoms with E-state index in [-0.39, 0.29) is 39.9 Å². The van der Waals surface area contributed by atoms with E-state index in [1.807, 2.05) is 0 Å². The topological polar surface area (TPSA) is 692 Å². The molecular weight excluding hydrogens is 1350 g/mol. The van der Waals surface area contributed by atoms with Crippen LogP contribution in [0.15, 0.2) is 0 Å². The molecule has 0 unspecified atom stereocenters. The monoisotopic (exact) mass is 1430 g/mol. The third-order valence-electron chi connectivity index (χ3n) is 12.8. The van der Waals surface area contributed by atoms with Crippen LogP contribution in [0, 0.1) is 39.9 Å². The number of rotatable bonds is 48. The number of amides is 6. The van der Waals surface area contributed by atoms with Crippen LogP contribution in [-0.4, -0.2) is 415 Å². The summed E-state index contributed by atoms with van der Waals surface area (Å²) in [5.41, 5.74) is 0. The first-order valence-electron chi connectivity index (χ1n) is 26.4. The minimum atomic E-state index is -2.45. The Labute approximate surface area is 532 Å². The van der Waals surface area contributed by atoms with Gasteiger partial charge in [-0.05, 0) is 0 Å². The number of hydrogen-bond donors (Lipinski definition) is 24. The number of aliphatic hydroxyl groups excluding tert-OH is 20. The fourth-order valence-corrected chi connectivity index (χ4v) is 7.50. The summed E-state index contributed by atoms with van der Waals surface area (Å²) in [7, 11) is 0. The SMILES string of the molecule is O=C([O-])CN(CCN(CC(=O)[O-])CC(=O)N(CCNC(=O)[C@H](O)[C@H](O)[C@H](O)[C@@H](O)CO)CCNC(=O)[C@H](O)[C@H](O)[C@H](O)[C@@H](O)CO)CCN(CC(=O)[O-])CC(=O)N(CCNC(=O)[C@H](O)[C@H](O)[C@H](O)[C@@H](O)CO)CCNC(=O)[C@H](O)[C@H](O)[C@H](O)[C@@H](O)CO.[Gd+3]. The van der Waals surface area contributed by atoms with Gasteiger partial charge in [-0.25, -0.2) is 0 Å². The molecule has 88 heavy (non-hydrogen) atoms. The summed E-state index contributed by atoms with van der Waals surface area (Å²) in [5.74, 6) is -13.1. The molecule has 0 saturated carbocycles. The van der Waals surface area contributed by atoms with Gasteiger partial charge < -0.3 is 163 Å². The van der Waals surface area contributed by atoms with E-state index in [0.717, 1.165) is 24.5 Å². The second-order valence-corrected chi connectivity index (χ2v) is 19.4. The Morgan fingerprint density at radius 1 is 0.295 bits per heavy atom. The predicted octanol–water partition coefficient (Wildman–Crippen LogP) is -23.0. The van der Waals surface area contributed by atoms with Crippen LogP contribution < -0.4 is 36.6 Å². The van der Waals surface area contributed by atoms with Crippen molar-refractivity contribution in [2.24, 2.45) is 0 Å². The number of carbonyl (C=O) groups excluding carboxylic acids is 9. The predicted molar refractivity (Wildman–Crippen MR) is 274 cm³/mol. The summed E-state index contributed by atoms with van der Waals surface area (Å²) in [6.45, 7) is -16.5. The molecule has 0 rings (SSSR count). The van der Waals surface area contributed by atoms with E-state index in [9.17, 15) is 140 Å². The fourth-order valence-electron chi connectivity index (χ4n) is 7.50. The van der Waals surface area contributed by atoms with Crippen LogP contribution in [-0.2, 0) is 43.2 Å². The van der Waals surface area contributed by atoms with Crippen molar-refractivity contribution in [3.8, 4) is 0 Å². The van der Waals surface area contributed by atoms with E-state index in [4.69, 9.17) is 20.4 Å². The van der Waals surface area contributed by atoms with Crippen LogP contribution in [0.2, 0.25) is 0 Å². The second kappa shape index (κ2) is 45.0. The number of nitrogens with one attached hydrogen (secondary N) is 4. The average molecular weight is 1430 g/mol. The molecule has 1 radical (unpaired) electrons. The van der Waals surface area contributed by atoms with Gasteiger partial charge >= 0.3 is 39.9 Å². The molecule has 0 aromatic carbocycles. The van der Waals surface area contributed by atoms with Crippen molar-refractivity contribution in [2.45, 2.75) is 97.7 Å². The normalized spacial score (nSPS) is 17.2. The number of hydrogen-bond acceptors (Lipinski definition) is 35. The molecule has 0 bridgehead atoms. The van der Waals surface area contributed by atoms with Crippen molar-refractivity contribution in [2.75, 3.05) is 138 Å². The van der Waals surface area contributed by atoms with E-state index in [1.165, 1.54) is 0 Å². The first-order chi connectivity index (χ1) is 40.6. The van der Waals surface area contributed by atoms with Gasteiger partial charge in [0, 0.05) is 98.2 Å². The van der Waals surface area contributed by atoms with E-state index in [0.29, 0.717) is 0 Å². The summed E-state index contributed by atoms with van der Waals surface area (Å²) in [6, 6.07) is 0. The summed E-state index contributed by atoms with van der Waals surface area (Å²) in [4.78, 5) is 118. The maximum absolute atomic E-state index is 13.8. The molecule has 0 aliphatic heterocycles. The van der Waals surface area contributed by atoms with Crippen LogP contribution in [0.1, 0.15) is 0 Å². The summed E-state index contributed by atoms with van der Waals surface area (Å²) < 4.78 is 0. The summed E-state index contributed by atoms with van der Waals surface area (Å²) >= 11 is 0. The van der Waals surface area contributed by atoms with Gasteiger partial charge in [0.2, 0.25) is 11.8 Å². The molecular formula is C46H82GdN9O32. The standard InChI is InChI=1S/C46H85N9O32.Gd/c56-18-22(60)31(72)35(76)39(80)43(84)47-1-5-54(6-2-48-44(85)40(81)36(77)32(73)23(61)19-57)26(64)13-52(16-29(68)69)11-9-51(15-28(66)67)10-12-53(17-30(70)71)14-27(65)55(7-3-49-45(86)41(82)37(78)33(74)24(62)20-58)8-4-50-46(87)42(83)38(79)34(75)25(63)21-59;/h22-25,31-42,56-63,72-83H,1-21H2,(H,47,84)(H,48,85)(H,49,86)(H,50,87)(H,66,67)(H,68,69)(H,70,71);/q;+3/p-3/t22-,23-,24-,25-,31+,32+,33+,34+,35+,36+,37+,38+,39+,40+,41+,42+;/m0./s1. The molecule has 0 aliphatic rings. The van der Waals surface area contributed by atoms with Crippen LogP contribution >= 0.6 is 0 Å². The quantitative estimate of drug-likeness (QED) is 0.0269. The first kappa shape index (κ1) is 85.7. The van der Waals surface area contributed by atoms with Gasteiger partial charge in [-0.15, -0.1) is 0 Å². The molecule has 16 atom stereocenters. The van der Waals surface area contributed by atoms with Gasteiger partial charge in [-0.1, -0.05) is 0 Å². The number of carboxylic acid groups (broad SMARTS) is 3. The number of carbonyl (C=O) groups is 9. The number of nitrogens with zero attached hydrogens (tertiary/aromatic N) is 5. The Balaban J connectivity index is 0. The van der Waals surface area contributed by atoms with Crippen LogP contribution in [0.5, 0.6) is 0 Å². The number of aliphatic carboxylic acids is 3. The molecule has 0 spiro atoms. The molecule has 24 N–H and O–H groups in total.